The van der Waals surface area contributed by atoms with Crippen LogP contribution < -0.4 is 5.32 Å². The SMILES string of the molecule is Cc1ccc(F)c(NC(=O)[C@H]2CCCN(S(=O)(=O)c3ccc(F)cc3)C2)c1. The zero-order valence-corrected chi connectivity index (χ0v) is 15.6. The Morgan fingerprint density at radius 3 is 2.56 bits per heavy atom. The molecule has 1 aliphatic rings. The first-order chi connectivity index (χ1) is 12.8. The summed E-state index contributed by atoms with van der Waals surface area (Å²) in [5.74, 6) is -2.07. The maximum atomic E-state index is 13.9. The minimum Gasteiger partial charge on any atom is -0.323 e. The van der Waals surface area contributed by atoms with Crippen LogP contribution in [0.5, 0.6) is 0 Å². The molecule has 1 atom stereocenters. The zero-order valence-electron chi connectivity index (χ0n) is 14.8. The Hall–Kier alpha value is -2.32. The van der Waals surface area contributed by atoms with Crippen LogP contribution >= 0.6 is 0 Å². The minimum absolute atomic E-state index is 0.00101. The maximum absolute atomic E-state index is 13.9. The van der Waals surface area contributed by atoms with E-state index in [9.17, 15) is 22.0 Å². The van der Waals surface area contributed by atoms with Gasteiger partial charge in [0, 0.05) is 13.1 Å². The molecule has 0 bridgehead atoms. The smallest absolute Gasteiger partial charge is 0.243 e. The Kier molecular flexibility index (Phi) is 5.57. The van der Waals surface area contributed by atoms with Crippen molar-refractivity contribution in [2.75, 3.05) is 18.4 Å². The lowest BCUT2D eigenvalue weighted by atomic mass is 9.98. The number of carbonyl (C=O) groups is 1. The van der Waals surface area contributed by atoms with E-state index in [0.29, 0.717) is 12.8 Å². The summed E-state index contributed by atoms with van der Waals surface area (Å²) < 4.78 is 53.6. The Morgan fingerprint density at radius 1 is 1.15 bits per heavy atom. The van der Waals surface area contributed by atoms with Gasteiger partial charge in [0.1, 0.15) is 11.6 Å². The number of hydrogen-bond acceptors (Lipinski definition) is 3. The summed E-state index contributed by atoms with van der Waals surface area (Å²) in [6.07, 6.45) is 1.02. The van der Waals surface area contributed by atoms with Crippen LogP contribution in [0.4, 0.5) is 14.5 Å². The predicted octanol–water partition coefficient (Wildman–Crippen LogP) is 3.31. The number of aryl methyl sites for hydroxylation is 1. The molecule has 1 amide bonds. The molecule has 5 nitrogen and oxygen atoms in total. The van der Waals surface area contributed by atoms with E-state index >= 15 is 0 Å². The van der Waals surface area contributed by atoms with Gasteiger partial charge in [-0.3, -0.25) is 4.79 Å². The quantitative estimate of drug-likeness (QED) is 0.865. The van der Waals surface area contributed by atoms with Crippen molar-refractivity contribution >= 4 is 21.6 Å². The van der Waals surface area contributed by atoms with Crippen molar-refractivity contribution in [1.82, 2.24) is 4.31 Å². The third-order valence-electron chi connectivity index (χ3n) is 4.59. The van der Waals surface area contributed by atoms with Gasteiger partial charge in [0.2, 0.25) is 15.9 Å². The molecule has 0 spiro atoms. The molecule has 2 aromatic rings. The van der Waals surface area contributed by atoms with Crippen LogP contribution in [0.2, 0.25) is 0 Å². The summed E-state index contributed by atoms with van der Waals surface area (Å²) in [4.78, 5) is 12.5. The highest BCUT2D eigenvalue weighted by Crippen LogP contribution is 2.25. The van der Waals surface area contributed by atoms with Gasteiger partial charge in [-0.15, -0.1) is 0 Å². The maximum Gasteiger partial charge on any atom is 0.243 e. The number of halogens is 2. The monoisotopic (exact) mass is 394 g/mol. The number of sulfonamides is 1. The normalized spacial score (nSPS) is 18.3. The number of benzene rings is 2. The van der Waals surface area contributed by atoms with Crippen molar-refractivity contribution in [3.05, 3.63) is 59.7 Å². The summed E-state index contributed by atoms with van der Waals surface area (Å²) in [7, 11) is -3.82. The van der Waals surface area contributed by atoms with Gasteiger partial charge >= 0.3 is 0 Å². The molecular weight excluding hydrogens is 374 g/mol. The molecule has 1 aliphatic heterocycles. The van der Waals surface area contributed by atoms with Gasteiger partial charge in [0.05, 0.1) is 16.5 Å². The van der Waals surface area contributed by atoms with E-state index < -0.39 is 33.5 Å². The molecule has 0 aliphatic carbocycles. The number of amides is 1. The van der Waals surface area contributed by atoms with Gasteiger partial charge in [-0.05, 0) is 61.7 Å². The van der Waals surface area contributed by atoms with E-state index in [0.717, 1.165) is 17.7 Å². The van der Waals surface area contributed by atoms with Crippen molar-refractivity contribution in [2.24, 2.45) is 5.92 Å². The van der Waals surface area contributed by atoms with Gasteiger partial charge in [-0.25, -0.2) is 17.2 Å². The average molecular weight is 394 g/mol. The molecule has 0 radical (unpaired) electrons. The Balaban J connectivity index is 1.74. The van der Waals surface area contributed by atoms with Gasteiger partial charge < -0.3 is 5.32 Å². The Labute approximate surface area is 157 Å². The molecule has 3 rings (SSSR count). The fourth-order valence-corrected chi connectivity index (χ4v) is 4.62. The van der Waals surface area contributed by atoms with Crippen LogP contribution in [0, 0.1) is 24.5 Å². The second kappa shape index (κ2) is 7.74. The Morgan fingerprint density at radius 2 is 1.85 bits per heavy atom. The summed E-state index contributed by atoms with van der Waals surface area (Å²) in [5.41, 5.74) is 0.884. The number of piperidine rings is 1. The van der Waals surface area contributed by atoms with E-state index in [4.69, 9.17) is 0 Å². The average Bonchev–Trinajstić information content (AvgIpc) is 2.65. The Bertz CT molecular complexity index is 946. The molecule has 0 unspecified atom stereocenters. The van der Waals surface area contributed by atoms with Gasteiger partial charge in [0.25, 0.3) is 0 Å². The lowest BCUT2D eigenvalue weighted by Gasteiger charge is -2.31. The summed E-state index contributed by atoms with van der Waals surface area (Å²) in [6, 6.07) is 8.98. The van der Waals surface area contributed by atoms with E-state index in [1.807, 2.05) is 0 Å². The second-order valence-electron chi connectivity index (χ2n) is 6.63. The molecule has 1 fully saturated rings. The molecule has 27 heavy (non-hydrogen) atoms. The van der Waals surface area contributed by atoms with Gasteiger partial charge in [-0.2, -0.15) is 4.31 Å². The van der Waals surface area contributed by atoms with Crippen molar-refractivity contribution < 1.29 is 22.0 Å². The van der Waals surface area contributed by atoms with E-state index in [1.54, 1.807) is 13.0 Å². The molecule has 8 heteroatoms. The van der Waals surface area contributed by atoms with Crippen molar-refractivity contribution in [3.63, 3.8) is 0 Å². The molecule has 144 valence electrons. The van der Waals surface area contributed by atoms with Crippen molar-refractivity contribution in [3.8, 4) is 0 Å². The highest BCUT2D eigenvalue weighted by atomic mass is 32.2. The summed E-state index contributed by atoms with van der Waals surface area (Å²) >= 11 is 0. The van der Waals surface area contributed by atoms with Crippen LogP contribution in [-0.4, -0.2) is 31.7 Å². The lowest BCUT2D eigenvalue weighted by molar-refractivity contribution is -0.120. The first-order valence-electron chi connectivity index (χ1n) is 8.60. The van der Waals surface area contributed by atoms with Gasteiger partial charge in [-0.1, -0.05) is 6.07 Å². The van der Waals surface area contributed by atoms with E-state index in [1.165, 1.54) is 28.6 Å². The zero-order chi connectivity index (χ0) is 19.6. The highest BCUT2D eigenvalue weighted by Gasteiger charge is 2.33. The molecule has 2 aromatic carbocycles. The van der Waals surface area contributed by atoms with Crippen LogP contribution in [0.1, 0.15) is 18.4 Å². The fourth-order valence-electron chi connectivity index (χ4n) is 3.10. The second-order valence-corrected chi connectivity index (χ2v) is 8.57. The number of anilines is 1. The summed E-state index contributed by atoms with van der Waals surface area (Å²) in [5, 5.41) is 2.55. The van der Waals surface area contributed by atoms with Crippen LogP contribution in [0.25, 0.3) is 0 Å². The first kappa shape index (κ1) is 19.4. The number of nitrogens with one attached hydrogen (secondary N) is 1. The lowest BCUT2D eigenvalue weighted by Crippen LogP contribution is -2.43. The third-order valence-corrected chi connectivity index (χ3v) is 6.47. The largest absolute Gasteiger partial charge is 0.323 e. The number of carbonyl (C=O) groups excluding carboxylic acids is 1. The van der Waals surface area contributed by atoms with Crippen LogP contribution in [-0.2, 0) is 14.8 Å². The topological polar surface area (TPSA) is 66.5 Å². The first-order valence-corrected chi connectivity index (χ1v) is 10.0. The van der Waals surface area contributed by atoms with Crippen LogP contribution in [0.3, 0.4) is 0 Å². The van der Waals surface area contributed by atoms with Crippen LogP contribution in [0.15, 0.2) is 47.4 Å². The molecule has 1 N–H and O–H groups in total. The number of rotatable bonds is 4. The predicted molar refractivity (Wildman–Crippen MR) is 97.6 cm³/mol. The molecule has 1 saturated heterocycles. The standard InChI is InChI=1S/C19H20F2N2O3S/c1-13-4-9-17(21)18(11-13)22-19(24)14-3-2-10-23(12-14)27(25,26)16-7-5-15(20)6-8-16/h4-9,11,14H,2-3,10,12H2,1H3,(H,22,24)/t14-/m0/s1. The molecule has 0 aromatic heterocycles. The van der Waals surface area contributed by atoms with Crippen molar-refractivity contribution in [2.45, 2.75) is 24.7 Å². The highest BCUT2D eigenvalue weighted by molar-refractivity contribution is 7.89. The fraction of sp³-hybridized carbons (Fsp3) is 0.316. The minimum atomic E-state index is -3.82. The molecule has 0 saturated carbocycles. The van der Waals surface area contributed by atoms with E-state index in [-0.39, 0.29) is 23.7 Å². The number of hydrogen-bond donors (Lipinski definition) is 1. The summed E-state index contributed by atoms with van der Waals surface area (Å²) in [6.45, 7) is 2.06. The molecular formula is C19H20F2N2O3S. The van der Waals surface area contributed by atoms with E-state index in [2.05, 4.69) is 5.32 Å². The third kappa shape index (κ3) is 4.33. The number of nitrogens with zero attached hydrogens (tertiary/aromatic N) is 1. The van der Waals surface area contributed by atoms with Gasteiger partial charge in [0.15, 0.2) is 0 Å². The molecule has 1 heterocycles. The van der Waals surface area contributed by atoms with Crippen molar-refractivity contribution in [1.29, 1.82) is 0 Å².